The molecule has 2 unspecified atom stereocenters. The monoisotopic (exact) mass is 395 g/mol. The van der Waals surface area contributed by atoms with Crippen molar-refractivity contribution in [3.05, 3.63) is 35.9 Å². The van der Waals surface area contributed by atoms with Gasteiger partial charge < -0.3 is 10.1 Å². The molecule has 0 spiro atoms. The van der Waals surface area contributed by atoms with Gasteiger partial charge in [-0.05, 0) is 18.4 Å². The summed E-state index contributed by atoms with van der Waals surface area (Å²) in [7, 11) is -3.24. The number of ether oxygens (including phenoxy) is 1. The second-order valence-electron chi connectivity index (χ2n) is 7.42. The molecule has 8 heteroatoms. The fourth-order valence-electron chi connectivity index (χ4n) is 3.71. The van der Waals surface area contributed by atoms with Crippen LogP contribution in [-0.4, -0.2) is 75.2 Å². The number of sulfonamides is 1. The zero-order valence-corrected chi connectivity index (χ0v) is 16.7. The number of carbonyl (C=O) groups is 1. The number of nitrogens with one attached hydrogen (secondary N) is 1. The lowest BCUT2D eigenvalue weighted by Crippen LogP contribution is -2.50. The van der Waals surface area contributed by atoms with E-state index in [2.05, 4.69) is 22.3 Å². The number of rotatable bonds is 6. The average Bonchev–Trinajstić information content (AvgIpc) is 2.67. The first-order valence-electron chi connectivity index (χ1n) is 9.52. The Morgan fingerprint density at radius 3 is 2.74 bits per heavy atom. The first-order chi connectivity index (χ1) is 12.9. The number of benzene rings is 1. The summed E-state index contributed by atoms with van der Waals surface area (Å²) in [5, 5.41) is 2.97. The van der Waals surface area contributed by atoms with Crippen molar-refractivity contribution in [2.75, 3.05) is 45.6 Å². The van der Waals surface area contributed by atoms with Gasteiger partial charge in [-0.2, -0.15) is 0 Å². The van der Waals surface area contributed by atoms with Crippen molar-refractivity contribution < 1.29 is 17.9 Å². The fourth-order valence-corrected chi connectivity index (χ4v) is 4.62. The SMILES string of the molecule is CS(=O)(=O)N1CCCC(C(=O)NCC2CN(Cc3ccccc3)CCO2)C1. The van der Waals surface area contributed by atoms with Crippen molar-refractivity contribution in [2.24, 2.45) is 5.92 Å². The van der Waals surface area contributed by atoms with Crippen LogP contribution in [-0.2, 0) is 26.1 Å². The van der Waals surface area contributed by atoms with Gasteiger partial charge in [0.15, 0.2) is 0 Å². The van der Waals surface area contributed by atoms with Crippen molar-refractivity contribution in [1.29, 1.82) is 0 Å². The molecule has 7 nitrogen and oxygen atoms in total. The van der Waals surface area contributed by atoms with Crippen LogP contribution in [0.25, 0.3) is 0 Å². The summed E-state index contributed by atoms with van der Waals surface area (Å²) in [5.74, 6) is -0.357. The smallest absolute Gasteiger partial charge is 0.224 e. The summed E-state index contributed by atoms with van der Waals surface area (Å²) in [6, 6.07) is 10.3. The number of amides is 1. The van der Waals surface area contributed by atoms with Gasteiger partial charge in [0.25, 0.3) is 0 Å². The maximum atomic E-state index is 12.5. The summed E-state index contributed by atoms with van der Waals surface area (Å²) in [6.07, 6.45) is 2.60. The Morgan fingerprint density at radius 2 is 2.00 bits per heavy atom. The normalized spacial score (nSPS) is 25.2. The van der Waals surface area contributed by atoms with Gasteiger partial charge in [-0.15, -0.1) is 0 Å². The fraction of sp³-hybridized carbons (Fsp3) is 0.632. The Morgan fingerprint density at radius 1 is 1.22 bits per heavy atom. The van der Waals surface area contributed by atoms with Crippen LogP contribution < -0.4 is 5.32 Å². The topological polar surface area (TPSA) is 79.0 Å². The van der Waals surface area contributed by atoms with Gasteiger partial charge in [-0.3, -0.25) is 9.69 Å². The average molecular weight is 396 g/mol. The lowest BCUT2D eigenvalue weighted by atomic mass is 9.99. The molecule has 1 N–H and O–H groups in total. The third kappa shape index (κ3) is 6.00. The largest absolute Gasteiger partial charge is 0.374 e. The lowest BCUT2D eigenvalue weighted by Gasteiger charge is -2.34. The number of hydrogen-bond donors (Lipinski definition) is 1. The predicted molar refractivity (Wildman–Crippen MR) is 104 cm³/mol. The van der Waals surface area contributed by atoms with Gasteiger partial charge in [-0.1, -0.05) is 30.3 Å². The summed E-state index contributed by atoms with van der Waals surface area (Å²) in [6.45, 7) is 4.42. The van der Waals surface area contributed by atoms with E-state index in [0.29, 0.717) is 19.7 Å². The molecule has 2 heterocycles. The Kier molecular flexibility index (Phi) is 6.86. The van der Waals surface area contributed by atoms with Gasteiger partial charge in [-0.25, -0.2) is 12.7 Å². The van der Waals surface area contributed by atoms with Gasteiger partial charge in [0.2, 0.25) is 15.9 Å². The highest BCUT2D eigenvalue weighted by molar-refractivity contribution is 7.88. The molecular formula is C19H29N3O4S. The highest BCUT2D eigenvalue weighted by atomic mass is 32.2. The van der Waals surface area contributed by atoms with E-state index in [1.807, 2.05) is 18.2 Å². The molecule has 0 radical (unpaired) electrons. The third-order valence-corrected chi connectivity index (χ3v) is 6.47. The van der Waals surface area contributed by atoms with Crippen molar-refractivity contribution in [3.8, 4) is 0 Å². The van der Waals surface area contributed by atoms with Gasteiger partial charge in [0.1, 0.15) is 0 Å². The molecule has 150 valence electrons. The molecule has 2 aliphatic rings. The van der Waals surface area contributed by atoms with Crippen LogP contribution in [0.5, 0.6) is 0 Å². The summed E-state index contributed by atoms with van der Waals surface area (Å²) in [5.41, 5.74) is 1.27. The number of nitrogens with zero attached hydrogens (tertiary/aromatic N) is 2. The van der Waals surface area contributed by atoms with Crippen LogP contribution in [0.2, 0.25) is 0 Å². The maximum absolute atomic E-state index is 12.5. The maximum Gasteiger partial charge on any atom is 0.224 e. The molecule has 2 aliphatic heterocycles. The molecule has 0 bridgehead atoms. The second kappa shape index (κ2) is 9.14. The van der Waals surface area contributed by atoms with Crippen LogP contribution in [0, 0.1) is 5.92 Å². The molecule has 0 aliphatic carbocycles. The zero-order valence-electron chi connectivity index (χ0n) is 15.8. The van der Waals surface area contributed by atoms with Crippen molar-refractivity contribution in [1.82, 2.24) is 14.5 Å². The Bertz CT molecular complexity index is 726. The van der Waals surface area contributed by atoms with E-state index in [9.17, 15) is 13.2 Å². The van der Waals surface area contributed by atoms with Gasteiger partial charge >= 0.3 is 0 Å². The van der Waals surface area contributed by atoms with Crippen LogP contribution in [0.1, 0.15) is 18.4 Å². The molecule has 2 fully saturated rings. The van der Waals surface area contributed by atoms with E-state index in [-0.39, 0.29) is 24.5 Å². The van der Waals surface area contributed by atoms with Crippen LogP contribution >= 0.6 is 0 Å². The molecule has 2 atom stereocenters. The van der Waals surface area contributed by atoms with Crippen molar-refractivity contribution in [3.63, 3.8) is 0 Å². The lowest BCUT2D eigenvalue weighted by molar-refractivity contribution is -0.127. The molecule has 0 aromatic heterocycles. The summed E-state index contributed by atoms with van der Waals surface area (Å²) < 4.78 is 30.6. The van der Waals surface area contributed by atoms with E-state index in [4.69, 9.17) is 4.74 Å². The predicted octanol–water partition coefficient (Wildman–Crippen LogP) is 0.675. The van der Waals surface area contributed by atoms with Crippen LogP contribution in [0.3, 0.4) is 0 Å². The highest BCUT2D eigenvalue weighted by Crippen LogP contribution is 2.19. The first kappa shape index (κ1) is 20.3. The standard InChI is InChI=1S/C19H29N3O4S/c1-27(24,25)22-9-5-8-17(14-22)19(23)20-12-18-15-21(10-11-26-18)13-16-6-3-2-4-7-16/h2-4,6-7,17-18H,5,8-15H2,1H3,(H,20,23). The molecule has 1 amide bonds. The van der Waals surface area contributed by atoms with Gasteiger partial charge in [0, 0.05) is 39.3 Å². The highest BCUT2D eigenvalue weighted by Gasteiger charge is 2.30. The second-order valence-corrected chi connectivity index (χ2v) is 9.40. The molecular weight excluding hydrogens is 366 g/mol. The van der Waals surface area contributed by atoms with E-state index >= 15 is 0 Å². The van der Waals surface area contributed by atoms with Crippen LogP contribution in [0.15, 0.2) is 30.3 Å². The Balaban J connectivity index is 1.45. The molecule has 1 aromatic rings. The van der Waals surface area contributed by atoms with E-state index in [0.717, 1.165) is 32.5 Å². The van der Waals surface area contributed by atoms with E-state index in [1.165, 1.54) is 16.1 Å². The van der Waals surface area contributed by atoms with Crippen LogP contribution in [0.4, 0.5) is 0 Å². The summed E-state index contributed by atoms with van der Waals surface area (Å²) >= 11 is 0. The quantitative estimate of drug-likeness (QED) is 0.766. The minimum absolute atomic E-state index is 0.0407. The molecule has 2 saturated heterocycles. The first-order valence-corrected chi connectivity index (χ1v) is 11.4. The minimum atomic E-state index is -3.24. The van der Waals surface area contributed by atoms with Gasteiger partial charge in [0.05, 0.1) is 24.9 Å². The molecule has 3 rings (SSSR count). The number of carbonyl (C=O) groups excluding carboxylic acids is 1. The third-order valence-electron chi connectivity index (χ3n) is 5.20. The number of piperidine rings is 1. The Hall–Kier alpha value is -1.48. The number of hydrogen-bond acceptors (Lipinski definition) is 5. The summed E-state index contributed by atoms with van der Waals surface area (Å²) in [4.78, 5) is 14.8. The molecule has 0 saturated carbocycles. The minimum Gasteiger partial charge on any atom is -0.374 e. The molecule has 27 heavy (non-hydrogen) atoms. The van der Waals surface area contributed by atoms with E-state index in [1.54, 1.807) is 0 Å². The van der Waals surface area contributed by atoms with Crippen molar-refractivity contribution in [2.45, 2.75) is 25.5 Å². The number of morpholine rings is 1. The molecule has 1 aromatic carbocycles. The zero-order chi connectivity index (χ0) is 19.3. The van der Waals surface area contributed by atoms with E-state index < -0.39 is 10.0 Å². The Labute approximate surface area is 161 Å². The van der Waals surface area contributed by atoms with Crippen molar-refractivity contribution >= 4 is 15.9 Å².